The van der Waals surface area contributed by atoms with Crippen molar-refractivity contribution in [2.75, 3.05) is 0 Å². The van der Waals surface area contributed by atoms with E-state index in [1.165, 1.54) is 0 Å². The Bertz CT molecular complexity index is 203. The lowest BCUT2D eigenvalue weighted by atomic mass is 9.68. The number of hydrogen-bond donors (Lipinski definition) is 1. The molecule has 1 rings (SSSR count). The highest BCUT2D eigenvalue weighted by atomic mass is 14.8. The number of nitrogens with zero attached hydrogens (tertiary/aromatic N) is 1. The fourth-order valence-electron chi connectivity index (χ4n) is 0.611. The molecule has 1 aliphatic heterocycles. The lowest BCUT2D eigenvalue weighted by Crippen LogP contribution is -2.17. The predicted molar refractivity (Wildman–Crippen MR) is 40.3 cm³/mol. The van der Waals surface area contributed by atoms with Crippen LogP contribution in [0.2, 0.25) is 0 Å². The van der Waals surface area contributed by atoms with Crippen molar-refractivity contribution in [3.8, 4) is 0 Å². The van der Waals surface area contributed by atoms with E-state index in [9.17, 15) is 0 Å². The zero-order chi connectivity index (χ0) is 6.85. The zero-order valence-electron chi connectivity index (χ0n) is 5.39. The summed E-state index contributed by atoms with van der Waals surface area (Å²) < 4.78 is 0. The molecule has 0 saturated carbocycles. The molecule has 0 unspecified atom stereocenters. The van der Waals surface area contributed by atoms with Crippen molar-refractivity contribution >= 4 is 13.0 Å². The van der Waals surface area contributed by atoms with Gasteiger partial charge in [-0.2, -0.15) is 0 Å². The molecule has 0 fully saturated rings. The third kappa shape index (κ3) is 1.22. The first kappa shape index (κ1) is 6.14. The smallest absolute Gasteiger partial charge is 0.241 e. The van der Waals surface area contributed by atoms with Crippen LogP contribution in [0.3, 0.4) is 0 Å². The van der Waals surface area contributed by atoms with Gasteiger partial charge in [-0.3, -0.25) is 4.99 Å². The highest BCUT2D eigenvalue weighted by molar-refractivity contribution is 6.81. The molecule has 2 N–H and O–H groups in total. The SMILES string of the molecule is C=C(C)C1=CN=C(N)[B]1. The molecule has 0 bridgehead atoms. The number of allylic oxidation sites excluding steroid dienone is 2. The molecule has 0 spiro atoms. The van der Waals surface area contributed by atoms with Crippen molar-refractivity contribution in [1.82, 2.24) is 0 Å². The topological polar surface area (TPSA) is 38.4 Å². The molecule has 0 aromatic heterocycles. The third-order valence-electron chi connectivity index (χ3n) is 1.15. The maximum absolute atomic E-state index is 5.36. The van der Waals surface area contributed by atoms with Crippen molar-refractivity contribution in [3.63, 3.8) is 0 Å². The summed E-state index contributed by atoms with van der Waals surface area (Å²) in [6.07, 6.45) is 1.72. The van der Waals surface area contributed by atoms with Crippen LogP contribution in [-0.4, -0.2) is 13.0 Å². The summed E-state index contributed by atoms with van der Waals surface area (Å²) in [6, 6.07) is 0. The van der Waals surface area contributed by atoms with E-state index in [0.717, 1.165) is 11.0 Å². The van der Waals surface area contributed by atoms with Crippen LogP contribution in [0.5, 0.6) is 0 Å². The molecular formula is C6H8BN2. The van der Waals surface area contributed by atoms with E-state index >= 15 is 0 Å². The predicted octanol–water partition coefficient (Wildman–Crippen LogP) is 0.436. The van der Waals surface area contributed by atoms with Crippen molar-refractivity contribution in [2.45, 2.75) is 6.92 Å². The van der Waals surface area contributed by atoms with Crippen LogP contribution in [0.1, 0.15) is 6.92 Å². The fraction of sp³-hybridized carbons (Fsp3) is 0.167. The highest BCUT2D eigenvalue weighted by Gasteiger charge is 2.08. The lowest BCUT2D eigenvalue weighted by molar-refractivity contribution is 1.47. The van der Waals surface area contributed by atoms with E-state index in [0.29, 0.717) is 5.73 Å². The Morgan fingerprint density at radius 2 is 2.56 bits per heavy atom. The number of rotatable bonds is 1. The lowest BCUT2D eigenvalue weighted by Gasteiger charge is -1.94. The molecule has 0 aromatic carbocycles. The molecule has 2 nitrogen and oxygen atoms in total. The Balaban J connectivity index is 2.64. The molecule has 1 radical (unpaired) electrons. The van der Waals surface area contributed by atoms with E-state index in [-0.39, 0.29) is 0 Å². The second-order valence-electron chi connectivity index (χ2n) is 2.06. The van der Waals surface area contributed by atoms with Crippen molar-refractivity contribution in [1.29, 1.82) is 0 Å². The summed E-state index contributed by atoms with van der Waals surface area (Å²) in [6.45, 7) is 5.67. The fourth-order valence-corrected chi connectivity index (χ4v) is 0.611. The average molecular weight is 119 g/mol. The second-order valence-corrected chi connectivity index (χ2v) is 2.06. The molecule has 3 heteroatoms. The van der Waals surface area contributed by atoms with Crippen LogP contribution in [0.25, 0.3) is 0 Å². The first-order chi connectivity index (χ1) is 4.20. The monoisotopic (exact) mass is 119 g/mol. The molecule has 0 saturated heterocycles. The number of aliphatic imine (C=N–C) groups is 1. The summed E-state index contributed by atoms with van der Waals surface area (Å²) in [7, 11) is 1.81. The second kappa shape index (κ2) is 2.09. The molecule has 1 heterocycles. The van der Waals surface area contributed by atoms with Crippen molar-refractivity contribution in [2.24, 2.45) is 10.7 Å². The maximum atomic E-state index is 5.36. The first-order valence-corrected chi connectivity index (χ1v) is 2.74. The molecule has 0 aliphatic carbocycles. The van der Waals surface area contributed by atoms with Gasteiger partial charge < -0.3 is 5.73 Å². The molecule has 45 valence electrons. The van der Waals surface area contributed by atoms with Gasteiger partial charge in [-0.1, -0.05) is 17.6 Å². The summed E-state index contributed by atoms with van der Waals surface area (Å²) >= 11 is 0. The van der Waals surface area contributed by atoms with Crippen LogP contribution < -0.4 is 5.73 Å². The highest BCUT2D eigenvalue weighted by Crippen LogP contribution is 2.08. The van der Waals surface area contributed by atoms with Gasteiger partial charge in [0.15, 0.2) is 0 Å². The van der Waals surface area contributed by atoms with Crippen LogP contribution in [-0.2, 0) is 0 Å². The Morgan fingerprint density at radius 3 is 2.78 bits per heavy atom. The zero-order valence-corrected chi connectivity index (χ0v) is 5.39. The van der Waals surface area contributed by atoms with Gasteiger partial charge in [0.05, 0.1) is 5.73 Å². The van der Waals surface area contributed by atoms with Crippen LogP contribution in [0, 0.1) is 0 Å². The quantitative estimate of drug-likeness (QED) is 0.499. The van der Waals surface area contributed by atoms with Gasteiger partial charge in [0.25, 0.3) is 0 Å². The minimum absolute atomic E-state index is 0.563. The van der Waals surface area contributed by atoms with E-state index < -0.39 is 0 Å². The molecule has 1 aliphatic rings. The normalized spacial score (nSPS) is 16.1. The molecular weight excluding hydrogens is 111 g/mol. The third-order valence-corrected chi connectivity index (χ3v) is 1.15. The van der Waals surface area contributed by atoms with Gasteiger partial charge in [0.1, 0.15) is 0 Å². The Kier molecular flexibility index (Phi) is 1.43. The standard InChI is InChI=1S/C6H8BN2/c1-4(2)5-3-9-6(8)7-5/h3H,1H2,2H3,(H2,8,9). The van der Waals surface area contributed by atoms with Gasteiger partial charge in [-0.05, 0) is 6.92 Å². The minimum Gasteiger partial charge on any atom is -0.395 e. The maximum Gasteiger partial charge on any atom is 0.241 e. The Hall–Kier alpha value is -0.985. The summed E-state index contributed by atoms with van der Waals surface area (Å²) in [5.74, 6) is 0. The summed E-state index contributed by atoms with van der Waals surface area (Å²) in [5.41, 5.74) is 7.95. The van der Waals surface area contributed by atoms with Crippen LogP contribution >= 0.6 is 0 Å². The van der Waals surface area contributed by atoms with E-state index in [1.807, 2.05) is 14.2 Å². The number of amidine groups is 1. The van der Waals surface area contributed by atoms with Crippen molar-refractivity contribution < 1.29 is 0 Å². The van der Waals surface area contributed by atoms with Crippen LogP contribution in [0.15, 0.2) is 28.8 Å². The Labute approximate surface area is 55.4 Å². The largest absolute Gasteiger partial charge is 0.395 e. The van der Waals surface area contributed by atoms with Crippen molar-refractivity contribution in [3.05, 3.63) is 23.8 Å². The molecule has 0 atom stereocenters. The number of nitrogens with two attached hydrogens (primary N) is 1. The molecule has 9 heavy (non-hydrogen) atoms. The van der Waals surface area contributed by atoms with Gasteiger partial charge in [-0.25, -0.2) is 0 Å². The first-order valence-electron chi connectivity index (χ1n) is 2.74. The average Bonchev–Trinajstić information content (AvgIpc) is 2.14. The Morgan fingerprint density at radius 1 is 1.89 bits per heavy atom. The van der Waals surface area contributed by atoms with Crippen LogP contribution in [0.4, 0.5) is 0 Å². The summed E-state index contributed by atoms with van der Waals surface area (Å²) in [4.78, 5) is 3.85. The minimum atomic E-state index is 0.563. The molecule has 0 amide bonds. The van der Waals surface area contributed by atoms with Gasteiger partial charge in [-0.15, -0.1) is 0 Å². The van der Waals surface area contributed by atoms with E-state index in [1.54, 1.807) is 6.20 Å². The summed E-state index contributed by atoms with van der Waals surface area (Å²) in [5, 5.41) is 0. The number of hydrogen-bond acceptors (Lipinski definition) is 2. The molecule has 0 aromatic rings. The van der Waals surface area contributed by atoms with Gasteiger partial charge in [0, 0.05) is 6.20 Å². The van der Waals surface area contributed by atoms with E-state index in [2.05, 4.69) is 11.6 Å². The van der Waals surface area contributed by atoms with Gasteiger partial charge in [0.2, 0.25) is 7.28 Å². The van der Waals surface area contributed by atoms with Gasteiger partial charge >= 0.3 is 0 Å². The van der Waals surface area contributed by atoms with E-state index in [4.69, 9.17) is 5.73 Å².